The number of thioether (sulfide) groups is 1. The van der Waals surface area contributed by atoms with E-state index in [1.807, 2.05) is 0 Å². The average Bonchev–Trinajstić information content (AvgIpc) is 3.52. The number of ether oxygens (including phenoxy) is 2. The molecule has 16 nitrogen and oxygen atoms in total. The smallest absolute Gasteiger partial charge is 0.355 e. The Balaban J connectivity index is 1.67. The van der Waals surface area contributed by atoms with E-state index in [2.05, 4.69) is 16.0 Å². The number of esters is 2. The highest BCUT2D eigenvalue weighted by atomic mass is 32.2. The van der Waals surface area contributed by atoms with Crippen LogP contribution in [-0.4, -0.2) is 111 Å². The number of urea groups is 1. The molecule has 4 rings (SSSR count). The summed E-state index contributed by atoms with van der Waals surface area (Å²) in [7, 11) is 0. The number of likely N-dealkylation sites (N-methyl/N-ethyl adjacent to an activating group) is 1. The fourth-order valence-electron chi connectivity index (χ4n) is 4.91. The summed E-state index contributed by atoms with van der Waals surface area (Å²) in [6.07, 6.45) is -1.22. The van der Waals surface area contributed by atoms with Crippen LogP contribution in [-0.2, 0) is 43.0 Å². The van der Waals surface area contributed by atoms with Crippen LogP contribution in [0.5, 0.6) is 0 Å². The first-order valence-corrected chi connectivity index (χ1v) is 16.1. The van der Waals surface area contributed by atoms with Crippen LogP contribution in [0.1, 0.15) is 45.5 Å². The molecule has 4 heterocycles. The summed E-state index contributed by atoms with van der Waals surface area (Å²) in [5, 5.41) is 8.45. The Morgan fingerprint density at radius 2 is 1.83 bits per heavy atom. The highest BCUT2D eigenvalue weighted by molar-refractivity contribution is 8.00. The van der Waals surface area contributed by atoms with Crippen LogP contribution < -0.4 is 16.0 Å². The Kier molecular flexibility index (Phi) is 10.4. The highest BCUT2D eigenvalue weighted by Crippen LogP contribution is 2.42. The third kappa shape index (κ3) is 7.17. The molecule has 0 radical (unpaired) electrons. The molecule has 2 unspecified atom stereocenters. The number of thiophene rings is 1. The van der Waals surface area contributed by atoms with Crippen molar-refractivity contribution in [3.8, 4) is 0 Å². The van der Waals surface area contributed by atoms with Crippen molar-refractivity contribution in [2.45, 2.75) is 63.9 Å². The van der Waals surface area contributed by atoms with E-state index in [1.54, 1.807) is 45.2 Å². The number of hydrogen-bond donors (Lipinski definition) is 3. The summed E-state index contributed by atoms with van der Waals surface area (Å²) in [5.41, 5.74) is -1.21. The number of rotatable bonds is 10. The number of amides is 7. The molecule has 1 aromatic heterocycles. The minimum Gasteiger partial charge on any atom is -0.455 e. The third-order valence-corrected chi connectivity index (χ3v) is 9.24. The van der Waals surface area contributed by atoms with Gasteiger partial charge in [0, 0.05) is 42.8 Å². The average molecular weight is 679 g/mol. The van der Waals surface area contributed by atoms with E-state index in [0.29, 0.717) is 16.2 Å². The van der Waals surface area contributed by atoms with Gasteiger partial charge in [-0.1, -0.05) is 6.07 Å². The van der Waals surface area contributed by atoms with Gasteiger partial charge < -0.3 is 30.3 Å². The number of carbonyl (C=O) groups is 8. The number of fused-ring (bicyclic) bond motifs is 1. The molecule has 0 bridgehead atoms. The van der Waals surface area contributed by atoms with Crippen molar-refractivity contribution in [1.29, 1.82) is 0 Å². The van der Waals surface area contributed by atoms with Crippen LogP contribution in [0.25, 0.3) is 0 Å². The molecule has 46 heavy (non-hydrogen) atoms. The van der Waals surface area contributed by atoms with E-state index in [0.717, 1.165) is 34.9 Å². The summed E-state index contributed by atoms with van der Waals surface area (Å²) < 4.78 is 11.0. The molecule has 0 spiro atoms. The summed E-state index contributed by atoms with van der Waals surface area (Å²) in [6.45, 7) is 7.96. The van der Waals surface area contributed by atoms with Crippen LogP contribution in [0.3, 0.4) is 0 Å². The van der Waals surface area contributed by atoms with E-state index in [4.69, 9.17) is 9.47 Å². The van der Waals surface area contributed by atoms with Gasteiger partial charge in [-0.15, -0.1) is 23.1 Å². The van der Waals surface area contributed by atoms with Crippen molar-refractivity contribution in [1.82, 2.24) is 30.7 Å². The Hall–Kier alpha value is -4.45. The number of piperazine rings is 1. The van der Waals surface area contributed by atoms with Crippen molar-refractivity contribution in [2.24, 2.45) is 0 Å². The molecule has 3 aliphatic heterocycles. The highest BCUT2D eigenvalue weighted by Gasteiger charge is 2.55. The number of hydrogen-bond acceptors (Lipinski definition) is 12. The molecular weight excluding hydrogens is 644 g/mol. The molecule has 0 saturated carbocycles. The predicted octanol–water partition coefficient (Wildman–Crippen LogP) is -0.180. The van der Waals surface area contributed by atoms with Crippen molar-refractivity contribution in [3.05, 3.63) is 33.7 Å². The minimum atomic E-state index is -1.59. The summed E-state index contributed by atoms with van der Waals surface area (Å²) in [4.78, 5) is 105. The third-order valence-electron chi connectivity index (χ3n) is 7.00. The lowest BCUT2D eigenvalue weighted by Gasteiger charge is -2.50. The van der Waals surface area contributed by atoms with Gasteiger partial charge in [-0.3, -0.25) is 38.6 Å². The van der Waals surface area contributed by atoms with Crippen LogP contribution in [0.15, 0.2) is 28.8 Å². The molecule has 0 aromatic carbocycles. The second-order valence-corrected chi connectivity index (χ2v) is 13.4. The Morgan fingerprint density at radius 1 is 1.11 bits per heavy atom. The van der Waals surface area contributed by atoms with Gasteiger partial charge in [0.05, 0.1) is 0 Å². The monoisotopic (exact) mass is 678 g/mol. The molecule has 2 fully saturated rings. The van der Waals surface area contributed by atoms with E-state index < -0.39 is 70.9 Å². The number of β-lactam (4-membered cyclic amide) rings is 1. The maximum absolute atomic E-state index is 13.8. The van der Waals surface area contributed by atoms with Gasteiger partial charge in [-0.2, -0.15) is 0 Å². The first kappa shape index (κ1) is 34.4. The molecule has 3 aliphatic rings. The second-order valence-electron chi connectivity index (χ2n) is 11.3. The van der Waals surface area contributed by atoms with Crippen molar-refractivity contribution in [3.63, 3.8) is 0 Å². The number of imide groups is 1. The predicted molar refractivity (Wildman–Crippen MR) is 162 cm³/mol. The van der Waals surface area contributed by atoms with Gasteiger partial charge >= 0.3 is 29.8 Å². The first-order chi connectivity index (χ1) is 21.7. The number of nitrogens with zero attached hydrogens (tertiary/aromatic N) is 3. The quantitative estimate of drug-likeness (QED) is 0.0975. The summed E-state index contributed by atoms with van der Waals surface area (Å²) in [6, 6.07) is -0.125. The minimum absolute atomic E-state index is 0.0212. The topological polar surface area (TPSA) is 201 Å². The SMILES string of the molecule is CCN1CCN(C(=O)NC(C(=O)NC(OC(C)=O)C2=C(C(=O)OC(C)(C)C)N3C(=O)[C@@H](NC=O)[C@H]3SC2)c2cccs2)C(=O)C1=O. The van der Waals surface area contributed by atoms with E-state index in [9.17, 15) is 38.4 Å². The second kappa shape index (κ2) is 13.9. The number of carbonyl (C=O) groups excluding carboxylic acids is 8. The summed E-state index contributed by atoms with van der Waals surface area (Å²) in [5.74, 6) is -5.17. The van der Waals surface area contributed by atoms with E-state index >= 15 is 0 Å². The number of nitrogens with one attached hydrogen (secondary N) is 3. The van der Waals surface area contributed by atoms with Gasteiger partial charge in [0.2, 0.25) is 12.6 Å². The maximum atomic E-state index is 13.8. The van der Waals surface area contributed by atoms with Crippen molar-refractivity contribution >= 4 is 71.1 Å². The normalized spacial score (nSPS) is 21.1. The van der Waals surface area contributed by atoms with Crippen LogP contribution in [0.2, 0.25) is 0 Å². The van der Waals surface area contributed by atoms with Crippen molar-refractivity contribution in [2.75, 3.05) is 25.4 Å². The van der Waals surface area contributed by atoms with Crippen LogP contribution in [0.4, 0.5) is 4.79 Å². The molecule has 2 saturated heterocycles. The molecule has 4 atom stereocenters. The molecule has 248 valence electrons. The standard InChI is InChI=1S/C28H34N6O10S2/c1-6-32-9-10-33(24(40)23(32)39)27(42)30-17(16-8-7-11-45-16)20(37)31-21(43-14(2)36)15-12-46-25-18(29-13-35)22(38)34(25)19(15)26(41)44-28(3,4)5/h7-8,11,13,17-18,21,25H,6,9-10,12H2,1-5H3,(H,29,35)(H,30,42)(H,31,37)/t17?,18-,21?,25-/m1/s1. The fourth-order valence-corrected chi connectivity index (χ4v) is 7.07. The van der Waals surface area contributed by atoms with E-state index in [-0.39, 0.29) is 36.7 Å². The zero-order chi connectivity index (χ0) is 33.9. The molecule has 3 N–H and O–H groups in total. The largest absolute Gasteiger partial charge is 0.455 e. The van der Waals surface area contributed by atoms with Gasteiger partial charge in [0.15, 0.2) is 0 Å². The first-order valence-electron chi connectivity index (χ1n) is 14.2. The Labute approximate surface area is 272 Å². The lowest BCUT2D eigenvalue weighted by atomic mass is 10.0. The molecule has 18 heteroatoms. The van der Waals surface area contributed by atoms with Gasteiger partial charge in [0.25, 0.3) is 11.8 Å². The zero-order valence-corrected chi connectivity index (χ0v) is 27.3. The lowest BCUT2D eigenvalue weighted by Crippen LogP contribution is -2.70. The van der Waals surface area contributed by atoms with E-state index in [1.165, 1.54) is 4.90 Å². The molecular formula is C28H34N6O10S2. The lowest BCUT2D eigenvalue weighted by molar-refractivity contribution is -0.159. The van der Waals surface area contributed by atoms with Crippen molar-refractivity contribution < 1.29 is 47.8 Å². The molecule has 7 amide bonds. The fraction of sp³-hybridized carbons (Fsp3) is 0.500. The summed E-state index contributed by atoms with van der Waals surface area (Å²) >= 11 is 2.28. The van der Waals surface area contributed by atoms with Gasteiger partial charge in [-0.25, -0.2) is 9.59 Å². The Bertz CT molecular complexity index is 1470. The van der Waals surface area contributed by atoms with Crippen LogP contribution in [0, 0.1) is 0 Å². The van der Waals surface area contributed by atoms with Crippen LogP contribution >= 0.6 is 23.1 Å². The molecule has 0 aliphatic carbocycles. The van der Waals surface area contributed by atoms with Gasteiger partial charge in [-0.05, 0) is 39.1 Å². The molecule has 1 aromatic rings. The Morgan fingerprint density at radius 3 is 2.41 bits per heavy atom. The van der Waals surface area contributed by atoms with Gasteiger partial charge in [0.1, 0.15) is 28.8 Å². The maximum Gasteiger partial charge on any atom is 0.355 e. The zero-order valence-electron chi connectivity index (χ0n) is 25.7.